The van der Waals surface area contributed by atoms with Crippen LogP contribution < -0.4 is 10.1 Å². The minimum absolute atomic E-state index is 0.707. The monoisotopic (exact) mass is 304 g/mol. The molecule has 0 fully saturated rings. The Balaban J connectivity index is 2.05. The molecule has 0 radical (unpaired) electrons. The van der Waals surface area contributed by atoms with Crippen molar-refractivity contribution in [3.05, 3.63) is 48.2 Å². The van der Waals surface area contributed by atoms with E-state index in [0.717, 1.165) is 28.8 Å². The van der Waals surface area contributed by atoms with E-state index in [4.69, 9.17) is 9.47 Å². The van der Waals surface area contributed by atoms with Gasteiger partial charge in [-0.15, -0.1) is 0 Å². The van der Waals surface area contributed by atoms with Gasteiger partial charge in [0.05, 0.1) is 13.7 Å². The van der Waals surface area contributed by atoms with Crippen LogP contribution in [0.3, 0.4) is 0 Å². The summed E-state index contributed by atoms with van der Waals surface area (Å²) in [5.74, 6) is 0.857. The lowest BCUT2D eigenvalue weighted by atomic mass is 10.3. The zero-order chi connectivity index (χ0) is 14.9. The van der Waals surface area contributed by atoms with Gasteiger partial charge in [0.25, 0.3) is 0 Å². The second-order valence-electron chi connectivity index (χ2n) is 4.42. The molecule has 0 aliphatic carbocycles. The first-order chi connectivity index (χ1) is 10.3. The Hall–Kier alpha value is -1.56. The summed E-state index contributed by atoms with van der Waals surface area (Å²) in [4.78, 5) is 5.60. The first kappa shape index (κ1) is 15.8. The van der Waals surface area contributed by atoms with E-state index < -0.39 is 0 Å². The maximum Gasteiger partial charge on any atom is 0.119 e. The normalized spacial score (nSPS) is 10.6. The molecular weight excluding hydrogens is 284 g/mol. The van der Waals surface area contributed by atoms with Gasteiger partial charge in [0.2, 0.25) is 0 Å². The van der Waals surface area contributed by atoms with E-state index in [1.165, 1.54) is 5.56 Å². The van der Waals surface area contributed by atoms with Gasteiger partial charge in [-0.1, -0.05) is 23.9 Å². The van der Waals surface area contributed by atoms with Crippen molar-refractivity contribution >= 4 is 11.8 Å². The smallest absolute Gasteiger partial charge is 0.119 e. The van der Waals surface area contributed by atoms with E-state index >= 15 is 0 Å². The number of nitrogens with one attached hydrogen (secondary N) is 1. The largest absolute Gasteiger partial charge is 0.497 e. The molecule has 1 heterocycles. The Kier molecular flexibility index (Phi) is 6.53. The minimum Gasteiger partial charge on any atom is -0.497 e. The second kappa shape index (κ2) is 8.67. The van der Waals surface area contributed by atoms with E-state index in [2.05, 4.69) is 22.4 Å². The van der Waals surface area contributed by atoms with Gasteiger partial charge in [0.1, 0.15) is 10.8 Å². The highest BCUT2D eigenvalue weighted by Gasteiger charge is 2.06. The summed E-state index contributed by atoms with van der Waals surface area (Å²) in [5.41, 5.74) is 1.18. The molecule has 0 atom stereocenters. The van der Waals surface area contributed by atoms with Crippen LogP contribution in [-0.4, -0.2) is 32.4 Å². The van der Waals surface area contributed by atoms with Crippen LogP contribution in [0.4, 0.5) is 0 Å². The highest BCUT2D eigenvalue weighted by Crippen LogP contribution is 2.30. The van der Waals surface area contributed by atoms with Crippen LogP contribution in [0.5, 0.6) is 5.75 Å². The zero-order valence-electron chi connectivity index (χ0n) is 12.3. The third kappa shape index (κ3) is 5.04. The number of benzene rings is 1. The average molecular weight is 304 g/mol. The Morgan fingerprint density at radius 2 is 2.10 bits per heavy atom. The number of nitrogens with zero attached hydrogens (tertiary/aromatic N) is 1. The fraction of sp³-hybridized carbons (Fsp3) is 0.312. The Bertz CT molecular complexity index is 563. The van der Waals surface area contributed by atoms with Crippen LogP contribution in [-0.2, 0) is 11.3 Å². The lowest BCUT2D eigenvalue weighted by Crippen LogP contribution is -2.19. The summed E-state index contributed by atoms with van der Waals surface area (Å²) >= 11 is 1.65. The van der Waals surface area contributed by atoms with E-state index in [0.29, 0.717) is 6.61 Å². The predicted molar refractivity (Wildman–Crippen MR) is 84.9 cm³/mol. The van der Waals surface area contributed by atoms with Crippen LogP contribution >= 0.6 is 11.8 Å². The molecule has 1 aromatic carbocycles. The summed E-state index contributed by atoms with van der Waals surface area (Å²) in [6.45, 7) is 2.32. The van der Waals surface area contributed by atoms with Crippen molar-refractivity contribution in [3.8, 4) is 5.75 Å². The Labute approximate surface area is 129 Å². The number of rotatable bonds is 8. The highest BCUT2D eigenvalue weighted by atomic mass is 32.2. The number of pyridine rings is 1. The number of hydrogen-bond acceptors (Lipinski definition) is 5. The lowest BCUT2D eigenvalue weighted by Gasteiger charge is -2.09. The van der Waals surface area contributed by atoms with Gasteiger partial charge >= 0.3 is 0 Å². The predicted octanol–water partition coefficient (Wildman–Crippen LogP) is 2.98. The van der Waals surface area contributed by atoms with Crippen LogP contribution in [0, 0.1) is 0 Å². The van der Waals surface area contributed by atoms with Crippen LogP contribution in [0.15, 0.2) is 52.5 Å². The molecule has 0 saturated carbocycles. The Morgan fingerprint density at radius 3 is 2.90 bits per heavy atom. The van der Waals surface area contributed by atoms with Crippen molar-refractivity contribution in [2.75, 3.05) is 27.4 Å². The van der Waals surface area contributed by atoms with Crippen molar-refractivity contribution in [2.45, 2.75) is 16.5 Å². The molecule has 0 unspecified atom stereocenters. The number of ether oxygens (including phenoxy) is 2. The van der Waals surface area contributed by atoms with Gasteiger partial charge in [-0.3, -0.25) is 0 Å². The summed E-state index contributed by atoms with van der Waals surface area (Å²) in [6.07, 6.45) is 1.82. The SMILES string of the molecule is COCCNCc1cccnc1Sc1cccc(OC)c1. The molecule has 1 aromatic heterocycles. The lowest BCUT2D eigenvalue weighted by molar-refractivity contribution is 0.199. The second-order valence-corrected chi connectivity index (χ2v) is 5.48. The first-order valence-corrected chi connectivity index (χ1v) is 7.60. The average Bonchev–Trinajstić information content (AvgIpc) is 2.53. The molecule has 5 heteroatoms. The highest BCUT2D eigenvalue weighted by molar-refractivity contribution is 7.99. The van der Waals surface area contributed by atoms with Crippen molar-refractivity contribution in [1.82, 2.24) is 10.3 Å². The minimum atomic E-state index is 0.707. The Morgan fingerprint density at radius 1 is 1.19 bits per heavy atom. The first-order valence-electron chi connectivity index (χ1n) is 6.79. The fourth-order valence-electron chi connectivity index (χ4n) is 1.82. The van der Waals surface area contributed by atoms with E-state index in [1.807, 2.05) is 30.5 Å². The van der Waals surface area contributed by atoms with Gasteiger partial charge in [-0.05, 0) is 29.8 Å². The third-order valence-electron chi connectivity index (χ3n) is 2.90. The topological polar surface area (TPSA) is 43.4 Å². The van der Waals surface area contributed by atoms with E-state index in [-0.39, 0.29) is 0 Å². The molecule has 21 heavy (non-hydrogen) atoms. The van der Waals surface area contributed by atoms with Gasteiger partial charge in [-0.2, -0.15) is 0 Å². The van der Waals surface area contributed by atoms with E-state index in [9.17, 15) is 0 Å². The molecule has 2 rings (SSSR count). The fourth-order valence-corrected chi connectivity index (χ4v) is 2.75. The van der Waals surface area contributed by atoms with Crippen molar-refractivity contribution in [3.63, 3.8) is 0 Å². The molecule has 2 aromatic rings. The summed E-state index contributed by atoms with van der Waals surface area (Å²) in [6, 6.07) is 12.1. The molecule has 0 aliphatic heterocycles. The van der Waals surface area contributed by atoms with Crippen molar-refractivity contribution < 1.29 is 9.47 Å². The van der Waals surface area contributed by atoms with Crippen molar-refractivity contribution in [1.29, 1.82) is 0 Å². The maximum absolute atomic E-state index is 5.25. The van der Waals surface area contributed by atoms with Crippen LogP contribution in [0.2, 0.25) is 0 Å². The molecule has 112 valence electrons. The zero-order valence-corrected chi connectivity index (χ0v) is 13.2. The van der Waals surface area contributed by atoms with Gasteiger partial charge < -0.3 is 14.8 Å². The van der Waals surface area contributed by atoms with Crippen molar-refractivity contribution in [2.24, 2.45) is 0 Å². The van der Waals surface area contributed by atoms with Gasteiger partial charge in [0, 0.05) is 31.3 Å². The molecule has 1 N–H and O–H groups in total. The number of hydrogen-bond donors (Lipinski definition) is 1. The van der Waals surface area contributed by atoms with Gasteiger partial charge in [-0.25, -0.2) is 4.98 Å². The molecule has 0 spiro atoms. The molecule has 0 saturated heterocycles. The third-order valence-corrected chi connectivity index (χ3v) is 3.95. The molecular formula is C16H20N2O2S. The molecule has 0 amide bonds. The maximum atomic E-state index is 5.25. The standard InChI is InChI=1S/C16H20N2O2S/c1-19-10-9-17-12-13-5-4-8-18-16(13)21-15-7-3-6-14(11-15)20-2/h3-8,11,17H,9-10,12H2,1-2H3. The molecule has 0 bridgehead atoms. The quantitative estimate of drug-likeness (QED) is 0.760. The molecule has 0 aliphatic rings. The number of aromatic nitrogens is 1. The summed E-state index contributed by atoms with van der Waals surface area (Å²) in [5, 5.41) is 4.36. The molecule has 4 nitrogen and oxygen atoms in total. The van der Waals surface area contributed by atoms with Gasteiger partial charge in [0.15, 0.2) is 0 Å². The van der Waals surface area contributed by atoms with Crippen LogP contribution in [0.1, 0.15) is 5.56 Å². The van der Waals surface area contributed by atoms with E-state index in [1.54, 1.807) is 26.0 Å². The van der Waals surface area contributed by atoms with Crippen LogP contribution in [0.25, 0.3) is 0 Å². The number of methoxy groups -OCH3 is 2. The summed E-state index contributed by atoms with van der Waals surface area (Å²) < 4.78 is 10.3. The summed E-state index contributed by atoms with van der Waals surface area (Å²) in [7, 11) is 3.38.